The average molecular weight is 166 g/mol. The predicted octanol–water partition coefficient (Wildman–Crippen LogP) is 1.06. The zero-order chi connectivity index (χ0) is 5.86. The Balaban J connectivity index is 3.55. The molecule has 0 rings (SSSR count). The highest BCUT2D eigenvalue weighted by atomic mass is 79.9. The van der Waals surface area contributed by atoms with Crippen molar-refractivity contribution in [3.63, 3.8) is 0 Å². The van der Waals surface area contributed by atoms with Crippen LogP contribution in [0.3, 0.4) is 0 Å². The van der Waals surface area contributed by atoms with Crippen LogP contribution in [0.1, 0.15) is 6.92 Å². The summed E-state index contributed by atoms with van der Waals surface area (Å²) in [6, 6.07) is -0.750. The van der Waals surface area contributed by atoms with Gasteiger partial charge < -0.3 is 0 Å². The monoisotopic (exact) mass is 165 g/mol. The van der Waals surface area contributed by atoms with Crippen molar-refractivity contribution >= 4 is 20.6 Å². The van der Waals surface area contributed by atoms with Gasteiger partial charge in [-0.05, 0) is 22.9 Å². The highest BCUT2D eigenvalue weighted by Gasteiger charge is 2.06. The quantitative estimate of drug-likeness (QED) is 0.454. The number of hydrogen-bond donors (Lipinski definition) is 0. The fourth-order valence-corrected chi connectivity index (χ4v) is 0.125. The zero-order valence-electron chi connectivity index (χ0n) is 3.72. The Labute approximate surface area is 49.2 Å². The molecule has 0 amide bonds. The Bertz CT molecular complexity index is 92.9. The van der Waals surface area contributed by atoms with Crippen LogP contribution in [-0.4, -0.2) is 10.7 Å². The minimum absolute atomic E-state index is 0.373. The topological polar surface area (TPSA) is 46.5 Å². The van der Waals surface area contributed by atoms with Crippen LogP contribution >= 0.6 is 15.9 Å². The van der Waals surface area contributed by atoms with Crippen LogP contribution in [0.15, 0.2) is 5.18 Å². The molecule has 0 unspecified atom stereocenters. The van der Waals surface area contributed by atoms with Crippen LogP contribution in [0, 0.1) is 4.91 Å². The Morgan fingerprint density at radius 3 is 2.29 bits per heavy atom. The molecule has 0 aromatic carbocycles. The van der Waals surface area contributed by atoms with Gasteiger partial charge in [0.25, 0.3) is 0 Å². The van der Waals surface area contributed by atoms with Crippen LogP contribution in [-0.2, 0) is 4.79 Å². The van der Waals surface area contributed by atoms with Gasteiger partial charge in [0.15, 0.2) is 6.04 Å². The normalized spacial score (nSPS) is 12.9. The van der Waals surface area contributed by atoms with Crippen molar-refractivity contribution in [3.05, 3.63) is 4.91 Å². The Hall–Kier alpha value is -0.250. The van der Waals surface area contributed by atoms with E-state index in [0.29, 0.717) is 0 Å². The van der Waals surface area contributed by atoms with Gasteiger partial charge in [-0.15, -0.1) is 0 Å². The lowest BCUT2D eigenvalue weighted by atomic mass is 10.4. The smallest absolute Gasteiger partial charge is 0.225 e. The van der Waals surface area contributed by atoms with E-state index < -0.39 is 6.04 Å². The van der Waals surface area contributed by atoms with Gasteiger partial charge in [-0.3, -0.25) is 4.79 Å². The second kappa shape index (κ2) is 2.85. The van der Waals surface area contributed by atoms with Crippen LogP contribution in [0.5, 0.6) is 0 Å². The van der Waals surface area contributed by atoms with Crippen molar-refractivity contribution in [2.45, 2.75) is 13.0 Å². The van der Waals surface area contributed by atoms with Crippen LogP contribution < -0.4 is 0 Å². The summed E-state index contributed by atoms with van der Waals surface area (Å²) < 4.78 is -0.373. The summed E-state index contributed by atoms with van der Waals surface area (Å²) in [5.41, 5.74) is 0. The van der Waals surface area contributed by atoms with Crippen LogP contribution in [0.2, 0.25) is 0 Å². The molecular formula is C3H4BrNO2. The number of carbonyl (C=O) groups excluding carboxylic acids is 1. The lowest BCUT2D eigenvalue weighted by Crippen LogP contribution is -2.04. The lowest BCUT2D eigenvalue weighted by molar-refractivity contribution is -0.111. The predicted molar refractivity (Wildman–Crippen MR) is 29.2 cm³/mol. The van der Waals surface area contributed by atoms with E-state index in [1.165, 1.54) is 6.92 Å². The number of nitroso groups, excluding NO2 is 1. The number of rotatable bonds is 2. The number of nitrogens with zero attached hydrogens (tertiary/aromatic N) is 1. The maximum atomic E-state index is 10.00. The van der Waals surface area contributed by atoms with Gasteiger partial charge in [-0.25, -0.2) is 0 Å². The molecule has 3 nitrogen and oxygen atoms in total. The summed E-state index contributed by atoms with van der Waals surface area (Å²) in [7, 11) is 0. The third-order valence-corrected chi connectivity index (χ3v) is 1.15. The summed E-state index contributed by atoms with van der Waals surface area (Å²) >= 11 is 2.57. The van der Waals surface area contributed by atoms with E-state index in [1.807, 2.05) is 0 Å². The molecular weight excluding hydrogens is 162 g/mol. The Kier molecular flexibility index (Phi) is 2.75. The van der Waals surface area contributed by atoms with Gasteiger partial charge in [0, 0.05) is 0 Å². The summed E-state index contributed by atoms with van der Waals surface area (Å²) in [6.45, 7) is 1.42. The van der Waals surface area contributed by atoms with E-state index in [0.717, 1.165) is 0 Å². The standard InChI is InChI=1S/C3H4BrNO2/c1-2(5-7)3(4)6/h2H,1H3/t2-/m1/s1. The molecule has 0 spiro atoms. The van der Waals surface area contributed by atoms with Gasteiger partial charge in [0.05, 0.1) is 0 Å². The van der Waals surface area contributed by atoms with Crippen molar-refractivity contribution in [2.75, 3.05) is 0 Å². The van der Waals surface area contributed by atoms with Crippen molar-refractivity contribution in [3.8, 4) is 0 Å². The molecule has 0 fully saturated rings. The first-order valence-corrected chi connectivity index (χ1v) is 2.49. The molecule has 0 heterocycles. The molecule has 0 aliphatic carbocycles. The fraction of sp³-hybridized carbons (Fsp3) is 0.667. The third-order valence-electron chi connectivity index (χ3n) is 0.487. The number of halogens is 1. The summed E-state index contributed by atoms with van der Waals surface area (Å²) in [6.07, 6.45) is 0. The van der Waals surface area contributed by atoms with Crippen LogP contribution in [0.4, 0.5) is 0 Å². The molecule has 40 valence electrons. The fourth-order valence-electron chi connectivity index (χ4n) is 0.0414. The van der Waals surface area contributed by atoms with Crippen molar-refractivity contribution in [2.24, 2.45) is 5.18 Å². The molecule has 0 saturated carbocycles. The molecule has 0 N–H and O–H groups in total. The molecule has 0 saturated heterocycles. The van der Waals surface area contributed by atoms with Gasteiger partial charge in [-0.2, -0.15) is 4.91 Å². The first kappa shape index (κ1) is 6.75. The van der Waals surface area contributed by atoms with E-state index in [2.05, 4.69) is 21.1 Å². The first-order valence-electron chi connectivity index (χ1n) is 1.70. The van der Waals surface area contributed by atoms with Crippen molar-refractivity contribution in [1.29, 1.82) is 0 Å². The van der Waals surface area contributed by atoms with Crippen molar-refractivity contribution in [1.82, 2.24) is 0 Å². The van der Waals surface area contributed by atoms with Gasteiger partial charge in [0.2, 0.25) is 4.69 Å². The van der Waals surface area contributed by atoms with Gasteiger partial charge >= 0.3 is 0 Å². The maximum absolute atomic E-state index is 10.00. The third kappa shape index (κ3) is 2.45. The minimum atomic E-state index is -0.750. The van der Waals surface area contributed by atoms with Gasteiger partial charge in [-0.1, -0.05) is 5.18 Å². The van der Waals surface area contributed by atoms with Crippen molar-refractivity contribution < 1.29 is 4.79 Å². The highest BCUT2D eigenvalue weighted by Crippen LogP contribution is 1.95. The molecule has 0 aromatic rings. The molecule has 7 heavy (non-hydrogen) atoms. The zero-order valence-corrected chi connectivity index (χ0v) is 5.31. The Morgan fingerprint density at radius 1 is 1.86 bits per heavy atom. The summed E-state index contributed by atoms with van der Waals surface area (Å²) in [5.74, 6) is 0. The van der Waals surface area contributed by atoms with Crippen LogP contribution in [0.25, 0.3) is 0 Å². The van der Waals surface area contributed by atoms with E-state index in [1.54, 1.807) is 0 Å². The maximum Gasteiger partial charge on any atom is 0.225 e. The number of carbonyl (C=O) groups is 1. The summed E-state index contributed by atoms with van der Waals surface area (Å²) in [5, 5.41) is 2.44. The lowest BCUT2D eigenvalue weighted by Gasteiger charge is -1.86. The molecule has 0 aliphatic rings. The van der Waals surface area contributed by atoms with E-state index in [4.69, 9.17) is 0 Å². The number of hydrogen-bond acceptors (Lipinski definition) is 3. The van der Waals surface area contributed by atoms with E-state index in [-0.39, 0.29) is 4.69 Å². The SMILES string of the molecule is C[C@@H](N=O)C(=O)Br. The van der Waals surface area contributed by atoms with Gasteiger partial charge in [0.1, 0.15) is 0 Å². The molecule has 0 bridgehead atoms. The molecule has 0 radical (unpaired) electrons. The van der Waals surface area contributed by atoms with E-state index in [9.17, 15) is 9.70 Å². The molecule has 0 aliphatic heterocycles. The molecule has 4 heteroatoms. The second-order valence-corrected chi connectivity index (χ2v) is 1.87. The average Bonchev–Trinajstić information content (AvgIpc) is 1.65. The highest BCUT2D eigenvalue weighted by molar-refractivity contribution is 9.18. The van der Waals surface area contributed by atoms with E-state index >= 15 is 0 Å². The molecule has 1 atom stereocenters. The minimum Gasteiger partial charge on any atom is -0.284 e. The first-order chi connectivity index (χ1) is 3.18. The second-order valence-electron chi connectivity index (χ2n) is 1.09. The summed E-state index contributed by atoms with van der Waals surface area (Å²) in [4.78, 5) is 19.4. The molecule has 0 aromatic heterocycles. The largest absolute Gasteiger partial charge is 0.284 e. The Morgan fingerprint density at radius 2 is 2.29 bits per heavy atom.